The van der Waals surface area contributed by atoms with E-state index in [1.54, 1.807) is 47.0 Å². The Morgan fingerprint density at radius 2 is 2.00 bits per heavy atom. The molecule has 1 unspecified atom stereocenters. The molecule has 0 radical (unpaired) electrons. The molecule has 0 fully saturated rings. The Balaban J connectivity index is 2.43. The third-order valence-electron chi connectivity index (χ3n) is 3.51. The Bertz CT molecular complexity index is 429. The summed E-state index contributed by atoms with van der Waals surface area (Å²) in [4.78, 5) is 0. The molecule has 1 aromatic rings. The van der Waals surface area contributed by atoms with E-state index in [-0.39, 0.29) is 0 Å². The van der Waals surface area contributed by atoms with Crippen molar-refractivity contribution in [1.29, 1.82) is 0 Å². The van der Waals surface area contributed by atoms with Gasteiger partial charge in [-0.25, -0.2) is 0 Å². The Morgan fingerprint density at radius 1 is 1.25 bits per heavy atom. The summed E-state index contributed by atoms with van der Waals surface area (Å²) in [7, 11) is 0. The Kier molecular flexibility index (Phi) is 3.85. The molecule has 0 spiro atoms. The average molecular weight is 291 g/mol. The molecule has 16 heavy (non-hydrogen) atoms. The van der Waals surface area contributed by atoms with Crippen LogP contribution in [-0.2, 0) is 31.1 Å². The summed E-state index contributed by atoms with van der Waals surface area (Å²) in [6, 6.07) is 4.65. The molecule has 0 N–H and O–H groups in total. The van der Waals surface area contributed by atoms with Crippen LogP contribution in [0.5, 0.6) is 0 Å². The zero-order valence-electron chi connectivity index (χ0n) is 10.4. The monoisotopic (exact) mass is 289 g/mol. The summed E-state index contributed by atoms with van der Waals surface area (Å²) in [6.45, 7) is 6.80. The molecule has 1 heteroatoms. The van der Waals surface area contributed by atoms with Crippen LogP contribution in [0.2, 0.25) is 0 Å². The molecule has 1 aromatic carbocycles. The van der Waals surface area contributed by atoms with E-state index in [1.807, 2.05) is 0 Å². The van der Waals surface area contributed by atoms with Crippen molar-refractivity contribution in [3.05, 3.63) is 40.0 Å². The molecule has 0 amide bonds. The number of benzene rings is 1. The zero-order chi connectivity index (χ0) is 11.7. The van der Waals surface area contributed by atoms with Crippen LogP contribution >= 0.6 is 0 Å². The van der Waals surface area contributed by atoms with Gasteiger partial charge in [-0.15, -0.1) is 0 Å². The van der Waals surface area contributed by atoms with Crippen LogP contribution in [0.15, 0.2) is 17.7 Å². The van der Waals surface area contributed by atoms with Gasteiger partial charge in [0.15, 0.2) is 0 Å². The van der Waals surface area contributed by atoms with E-state index in [0.717, 1.165) is 0 Å². The first-order chi connectivity index (χ1) is 7.65. The van der Waals surface area contributed by atoms with E-state index < -0.39 is 0 Å². The Morgan fingerprint density at radius 3 is 2.69 bits per heavy atom. The standard InChI is InChI=1S/C15H19.Zr/c1-4-5-6-13-8-7-12(3)14-9-11(2)10-15(13)14;/h7-10H,4-6H2,1-3H3;. The van der Waals surface area contributed by atoms with Crippen molar-refractivity contribution < 1.29 is 24.7 Å². The molecule has 0 bridgehead atoms. The fourth-order valence-corrected chi connectivity index (χ4v) is 3.61. The van der Waals surface area contributed by atoms with Crippen LogP contribution in [0, 0.1) is 6.92 Å². The van der Waals surface area contributed by atoms with Crippen LogP contribution in [0.3, 0.4) is 0 Å². The summed E-state index contributed by atoms with van der Waals surface area (Å²) in [6.07, 6.45) is 6.26. The maximum absolute atomic E-state index is 2.42. The van der Waals surface area contributed by atoms with Gasteiger partial charge in [-0.05, 0) is 0 Å². The van der Waals surface area contributed by atoms with Crippen molar-refractivity contribution in [2.45, 2.75) is 43.7 Å². The third kappa shape index (κ3) is 2.12. The van der Waals surface area contributed by atoms with Crippen molar-refractivity contribution in [3.8, 4) is 0 Å². The van der Waals surface area contributed by atoms with Crippen molar-refractivity contribution in [1.82, 2.24) is 0 Å². The second-order valence-electron chi connectivity index (χ2n) is 4.79. The number of hydrogen-bond acceptors (Lipinski definition) is 0. The molecule has 0 saturated heterocycles. The molecule has 0 aromatic heterocycles. The molecule has 0 heterocycles. The minimum absolute atomic E-state index is 0.712. The van der Waals surface area contributed by atoms with Gasteiger partial charge in [0, 0.05) is 0 Å². The van der Waals surface area contributed by atoms with Gasteiger partial charge in [0.2, 0.25) is 0 Å². The zero-order valence-corrected chi connectivity index (χ0v) is 12.9. The quantitative estimate of drug-likeness (QED) is 0.777. The predicted molar refractivity (Wildman–Crippen MR) is 66.2 cm³/mol. The van der Waals surface area contributed by atoms with E-state index >= 15 is 0 Å². The van der Waals surface area contributed by atoms with Crippen LogP contribution in [0.1, 0.15) is 52.6 Å². The molecular formula is C15H19Zr. The molecule has 0 saturated carbocycles. The van der Waals surface area contributed by atoms with E-state index in [4.69, 9.17) is 0 Å². The molecule has 1 atom stereocenters. The van der Waals surface area contributed by atoms with Crippen molar-refractivity contribution >= 4 is 6.08 Å². The first-order valence-electron chi connectivity index (χ1n) is 6.16. The van der Waals surface area contributed by atoms with Crippen molar-refractivity contribution in [2.24, 2.45) is 0 Å². The van der Waals surface area contributed by atoms with Crippen LogP contribution < -0.4 is 0 Å². The molecular weight excluding hydrogens is 271 g/mol. The van der Waals surface area contributed by atoms with Crippen molar-refractivity contribution in [3.63, 3.8) is 0 Å². The molecule has 0 nitrogen and oxygen atoms in total. The first-order valence-corrected chi connectivity index (χ1v) is 7.58. The molecule has 2 rings (SSSR count). The van der Waals surface area contributed by atoms with Crippen molar-refractivity contribution in [2.75, 3.05) is 0 Å². The van der Waals surface area contributed by atoms with E-state index in [1.165, 1.54) is 24.8 Å². The number of unbranched alkanes of at least 4 members (excludes halogenated alkanes) is 1. The second kappa shape index (κ2) is 5.00. The SMILES string of the molecule is CCCCc1ccc(C)c2c1C=C(C)[CH]2[Zr]. The van der Waals surface area contributed by atoms with Gasteiger partial charge in [-0.3, -0.25) is 0 Å². The number of allylic oxidation sites excluding steroid dienone is 1. The van der Waals surface area contributed by atoms with Gasteiger partial charge in [0.1, 0.15) is 0 Å². The maximum atomic E-state index is 2.42. The van der Waals surface area contributed by atoms with Crippen LogP contribution in [-0.4, -0.2) is 0 Å². The molecule has 1 aliphatic rings. The molecule has 1 aliphatic carbocycles. The summed E-state index contributed by atoms with van der Waals surface area (Å²) in [5.74, 6) is 0. The third-order valence-corrected chi connectivity index (χ3v) is 5.34. The van der Waals surface area contributed by atoms with Crippen LogP contribution in [0.25, 0.3) is 6.08 Å². The second-order valence-corrected chi connectivity index (χ2v) is 6.21. The fourth-order valence-electron chi connectivity index (χ4n) is 2.47. The number of rotatable bonds is 3. The topological polar surface area (TPSA) is 0 Å². The molecule has 83 valence electrons. The van der Waals surface area contributed by atoms with Gasteiger partial charge in [0.05, 0.1) is 0 Å². The average Bonchev–Trinajstić information content (AvgIpc) is 2.56. The van der Waals surface area contributed by atoms with Crippen LogP contribution in [0.4, 0.5) is 0 Å². The Hall–Kier alpha value is -0.157. The number of fused-ring (bicyclic) bond motifs is 1. The van der Waals surface area contributed by atoms with E-state index in [0.29, 0.717) is 3.63 Å². The number of aryl methyl sites for hydroxylation is 2. The Labute approximate surface area is 114 Å². The van der Waals surface area contributed by atoms with E-state index in [2.05, 4.69) is 39.0 Å². The summed E-state index contributed by atoms with van der Waals surface area (Å²) >= 11 is 1.63. The minimum atomic E-state index is 0.712. The normalized spacial score (nSPS) is 18.4. The summed E-state index contributed by atoms with van der Waals surface area (Å²) < 4.78 is 0.712. The number of hydrogen-bond donors (Lipinski definition) is 0. The summed E-state index contributed by atoms with van der Waals surface area (Å²) in [5, 5.41) is 0. The van der Waals surface area contributed by atoms with Gasteiger partial charge in [-0.2, -0.15) is 0 Å². The summed E-state index contributed by atoms with van der Waals surface area (Å²) in [5.41, 5.74) is 7.76. The predicted octanol–water partition coefficient (Wildman–Crippen LogP) is 4.34. The van der Waals surface area contributed by atoms with Gasteiger partial charge in [0.25, 0.3) is 0 Å². The van der Waals surface area contributed by atoms with Gasteiger partial charge in [-0.1, -0.05) is 0 Å². The van der Waals surface area contributed by atoms with Gasteiger partial charge >= 0.3 is 114 Å². The fraction of sp³-hybridized carbons (Fsp3) is 0.467. The van der Waals surface area contributed by atoms with E-state index in [9.17, 15) is 0 Å². The molecule has 0 aliphatic heterocycles. The first kappa shape index (κ1) is 12.3. The van der Waals surface area contributed by atoms with Gasteiger partial charge < -0.3 is 0 Å².